The van der Waals surface area contributed by atoms with E-state index in [1.54, 1.807) is 6.07 Å². The third-order valence-corrected chi connectivity index (χ3v) is 2.83. The number of anilines is 1. The summed E-state index contributed by atoms with van der Waals surface area (Å²) in [4.78, 5) is 15.4. The zero-order valence-electron chi connectivity index (χ0n) is 10.3. The molecule has 0 saturated carbocycles. The van der Waals surface area contributed by atoms with Gasteiger partial charge in [-0.15, -0.1) is 0 Å². The number of nitrogens with two attached hydrogens (primary N) is 1. The van der Waals surface area contributed by atoms with Crippen LogP contribution in [0.5, 0.6) is 11.8 Å². The van der Waals surface area contributed by atoms with Gasteiger partial charge in [0, 0.05) is 4.47 Å². The van der Waals surface area contributed by atoms with Gasteiger partial charge in [0.05, 0.1) is 0 Å². The van der Waals surface area contributed by atoms with Gasteiger partial charge in [0.15, 0.2) is 11.6 Å². The molecule has 0 fully saturated rings. The number of hydrogen-bond acceptors (Lipinski definition) is 7. The van der Waals surface area contributed by atoms with Crippen molar-refractivity contribution in [2.45, 2.75) is 0 Å². The van der Waals surface area contributed by atoms with Crippen LogP contribution < -0.4 is 10.5 Å². The fourth-order valence-corrected chi connectivity index (χ4v) is 1.81. The molecule has 3 aromatic rings. The summed E-state index contributed by atoms with van der Waals surface area (Å²) >= 11 is 3.16. The Morgan fingerprint density at radius 1 is 1.24 bits per heavy atom. The summed E-state index contributed by atoms with van der Waals surface area (Å²) in [5.74, 6) is -0.561. The standard InChI is InChI=1S/C11H7BrFN7O/c12-6-1-2-8(7(13)3-6)21-11-18-9(14)17-10(19-11)20-5-15-4-16-20/h1-5H,(H2,14,17,18,19). The Morgan fingerprint density at radius 2 is 2.10 bits per heavy atom. The number of nitrogens with zero attached hydrogens (tertiary/aromatic N) is 6. The van der Waals surface area contributed by atoms with Crippen molar-refractivity contribution in [3.05, 3.63) is 41.1 Å². The summed E-state index contributed by atoms with van der Waals surface area (Å²) in [7, 11) is 0. The first-order valence-corrected chi connectivity index (χ1v) is 6.40. The molecule has 0 saturated heterocycles. The van der Waals surface area contributed by atoms with Crippen molar-refractivity contribution in [2.75, 3.05) is 5.73 Å². The molecule has 8 nitrogen and oxygen atoms in total. The van der Waals surface area contributed by atoms with E-state index in [0.717, 1.165) is 0 Å². The van der Waals surface area contributed by atoms with Crippen molar-refractivity contribution in [3.63, 3.8) is 0 Å². The summed E-state index contributed by atoms with van der Waals surface area (Å²) in [6.07, 6.45) is 2.70. The average molecular weight is 352 g/mol. The molecule has 0 aliphatic heterocycles. The second-order valence-electron chi connectivity index (χ2n) is 3.79. The van der Waals surface area contributed by atoms with Gasteiger partial charge in [-0.25, -0.2) is 9.37 Å². The molecule has 0 amide bonds. The van der Waals surface area contributed by atoms with Crippen LogP contribution in [0.2, 0.25) is 0 Å². The molecule has 0 unspecified atom stereocenters. The van der Waals surface area contributed by atoms with Gasteiger partial charge < -0.3 is 10.5 Å². The van der Waals surface area contributed by atoms with E-state index < -0.39 is 5.82 Å². The molecule has 0 radical (unpaired) electrons. The largest absolute Gasteiger partial charge is 0.421 e. The molecule has 0 aliphatic rings. The Bertz CT molecular complexity index is 780. The van der Waals surface area contributed by atoms with Crippen molar-refractivity contribution in [1.82, 2.24) is 29.7 Å². The second kappa shape index (κ2) is 5.40. The highest BCUT2D eigenvalue weighted by Crippen LogP contribution is 2.25. The van der Waals surface area contributed by atoms with Crippen molar-refractivity contribution >= 4 is 21.9 Å². The lowest BCUT2D eigenvalue weighted by atomic mass is 10.3. The first-order chi connectivity index (χ1) is 10.1. The first-order valence-electron chi connectivity index (χ1n) is 5.61. The number of halogens is 2. The summed E-state index contributed by atoms with van der Waals surface area (Å²) in [6.45, 7) is 0. The van der Waals surface area contributed by atoms with Crippen LogP contribution in [-0.2, 0) is 0 Å². The minimum absolute atomic E-state index is 0.0339. The maximum absolute atomic E-state index is 13.7. The number of aromatic nitrogens is 6. The SMILES string of the molecule is Nc1nc(Oc2ccc(Br)cc2F)nc(-n2cncn2)n1. The van der Waals surface area contributed by atoms with E-state index in [4.69, 9.17) is 10.5 Å². The lowest BCUT2D eigenvalue weighted by molar-refractivity contribution is 0.408. The monoisotopic (exact) mass is 351 g/mol. The normalized spacial score (nSPS) is 10.6. The molecule has 0 bridgehead atoms. The predicted molar refractivity (Wildman–Crippen MR) is 73.3 cm³/mol. The van der Waals surface area contributed by atoms with E-state index in [9.17, 15) is 4.39 Å². The van der Waals surface area contributed by atoms with E-state index >= 15 is 0 Å². The van der Waals surface area contributed by atoms with Crippen LogP contribution in [0, 0.1) is 5.82 Å². The molecular formula is C11H7BrFN7O. The van der Waals surface area contributed by atoms with Gasteiger partial charge in [-0.05, 0) is 18.2 Å². The van der Waals surface area contributed by atoms with Crippen molar-refractivity contribution in [3.8, 4) is 17.7 Å². The highest BCUT2D eigenvalue weighted by molar-refractivity contribution is 9.10. The van der Waals surface area contributed by atoms with Crippen LogP contribution in [0.15, 0.2) is 35.3 Å². The molecule has 2 heterocycles. The number of nitrogen functional groups attached to an aromatic ring is 1. The predicted octanol–water partition coefficient (Wildman–Crippen LogP) is 1.73. The molecule has 10 heteroatoms. The van der Waals surface area contributed by atoms with E-state index in [1.165, 1.54) is 29.5 Å². The van der Waals surface area contributed by atoms with Crippen LogP contribution in [0.4, 0.5) is 10.3 Å². The van der Waals surface area contributed by atoms with E-state index in [2.05, 4.69) is 41.0 Å². The molecule has 0 spiro atoms. The number of rotatable bonds is 3. The minimum Gasteiger partial charge on any atom is -0.421 e. The van der Waals surface area contributed by atoms with E-state index in [1.807, 2.05) is 0 Å². The van der Waals surface area contributed by atoms with Crippen LogP contribution in [0.3, 0.4) is 0 Å². The fraction of sp³-hybridized carbons (Fsp3) is 0. The highest BCUT2D eigenvalue weighted by atomic mass is 79.9. The Balaban J connectivity index is 1.95. The van der Waals surface area contributed by atoms with Gasteiger partial charge in [0.2, 0.25) is 5.95 Å². The fourth-order valence-electron chi connectivity index (χ4n) is 1.48. The molecule has 106 valence electrons. The first kappa shape index (κ1) is 13.4. The average Bonchev–Trinajstić information content (AvgIpc) is 2.95. The van der Waals surface area contributed by atoms with Crippen LogP contribution >= 0.6 is 15.9 Å². The van der Waals surface area contributed by atoms with E-state index in [0.29, 0.717) is 4.47 Å². The molecule has 3 rings (SSSR count). The Kier molecular flexibility index (Phi) is 3.44. The van der Waals surface area contributed by atoms with Crippen LogP contribution in [-0.4, -0.2) is 29.7 Å². The second-order valence-corrected chi connectivity index (χ2v) is 4.71. The maximum atomic E-state index is 13.7. The van der Waals surface area contributed by atoms with Crippen molar-refractivity contribution in [1.29, 1.82) is 0 Å². The topological polar surface area (TPSA) is 105 Å². The quantitative estimate of drug-likeness (QED) is 0.765. The number of benzene rings is 1. The summed E-state index contributed by atoms with van der Waals surface area (Å²) in [5.41, 5.74) is 5.58. The van der Waals surface area contributed by atoms with Gasteiger partial charge in [-0.2, -0.15) is 24.7 Å². The van der Waals surface area contributed by atoms with Gasteiger partial charge in [0.25, 0.3) is 5.95 Å². The molecule has 1 aromatic carbocycles. The summed E-state index contributed by atoms with van der Waals surface area (Å²) in [5, 5.41) is 3.87. The van der Waals surface area contributed by atoms with Gasteiger partial charge >= 0.3 is 6.01 Å². The van der Waals surface area contributed by atoms with Gasteiger partial charge in [-0.3, -0.25) is 0 Å². The molecule has 0 aliphatic carbocycles. The van der Waals surface area contributed by atoms with Crippen LogP contribution in [0.1, 0.15) is 0 Å². The lowest BCUT2D eigenvalue weighted by Crippen LogP contribution is -2.08. The highest BCUT2D eigenvalue weighted by Gasteiger charge is 2.11. The zero-order chi connectivity index (χ0) is 14.8. The van der Waals surface area contributed by atoms with Gasteiger partial charge in [-0.1, -0.05) is 15.9 Å². The van der Waals surface area contributed by atoms with Gasteiger partial charge in [0.1, 0.15) is 12.7 Å². The smallest absolute Gasteiger partial charge is 0.328 e. The summed E-state index contributed by atoms with van der Waals surface area (Å²) in [6, 6.07) is 4.18. The third kappa shape index (κ3) is 2.94. The van der Waals surface area contributed by atoms with Crippen molar-refractivity contribution in [2.24, 2.45) is 0 Å². The molecule has 2 N–H and O–H groups in total. The molecule has 0 atom stereocenters. The Morgan fingerprint density at radius 3 is 2.81 bits per heavy atom. The minimum atomic E-state index is -0.564. The molecule has 2 aromatic heterocycles. The number of hydrogen-bond donors (Lipinski definition) is 1. The van der Waals surface area contributed by atoms with E-state index in [-0.39, 0.29) is 23.7 Å². The van der Waals surface area contributed by atoms with Crippen molar-refractivity contribution < 1.29 is 9.13 Å². The number of ether oxygens (including phenoxy) is 1. The maximum Gasteiger partial charge on any atom is 0.328 e. The lowest BCUT2D eigenvalue weighted by Gasteiger charge is -2.07. The zero-order valence-corrected chi connectivity index (χ0v) is 11.9. The van der Waals surface area contributed by atoms with Crippen LogP contribution in [0.25, 0.3) is 5.95 Å². The Labute approximate surface area is 126 Å². The third-order valence-electron chi connectivity index (χ3n) is 2.34. The molecule has 21 heavy (non-hydrogen) atoms. The summed E-state index contributed by atoms with van der Waals surface area (Å²) < 4.78 is 20.9. The molecular weight excluding hydrogens is 345 g/mol. The Hall–Kier alpha value is -2.62.